The van der Waals surface area contributed by atoms with Gasteiger partial charge in [-0.3, -0.25) is 9.97 Å². The van der Waals surface area contributed by atoms with Gasteiger partial charge in [-0.25, -0.2) is 0 Å². The standard InChI is InChI=1S/2C6H5NO3.H2O.O.V/c2*8-4-2-1-3-7-5(4)6(9)10;;;/h2*1-3,8H,(H,9,10);1H2;;/q;;;;+1/p-3. The third-order valence-electron chi connectivity index (χ3n) is 1.94. The van der Waals surface area contributed by atoms with E-state index in [9.17, 15) is 24.9 Å². The van der Waals surface area contributed by atoms with Gasteiger partial charge >= 0.3 is 25.7 Å². The van der Waals surface area contributed by atoms with Crippen molar-refractivity contribution in [1.82, 2.24) is 9.97 Å². The zero-order valence-corrected chi connectivity index (χ0v) is 12.5. The van der Waals surface area contributed by atoms with Gasteiger partial charge in [0.1, 0.15) is 11.4 Å². The van der Waals surface area contributed by atoms with Crippen LogP contribution >= 0.6 is 0 Å². The summed E-state index contributed by atoms with van der Waals surface area (Å²) in [6.07, 6.45) is 2.50. The van der Waals surface area contributed by atoms with Crippen LogP contribution in [0.2, 0.25) is 0 Å². The van der Waals surface area contributed by atoms with Gasteiger partial charge in [-0.1, -0.05) is 11.8 Å². The fourth-order valence-corrected chi connectivity index (χ4v) is 1.10. The Hall–Kier alpha value is -2.82. The van der Waals surface area contributed by atoms with Crippen LogP contribution in [0.1, 0.15) is 22.4 Å². The van der Waals surface area contributed by atoms with E-state index in [1.54, 1.807) is 0 Å². The van der Waals surface area contributed by atoms with E-state index in [0.29, 0.717) is 0 Å². The molecule has 0 aromatic carbocycles. The molecule has 2 rings (SSSR count). The topological polar surface area (TPSA) is 187 Å². The minimum atomic E-state index is -1.56. The maximum absolute atomic E-state index is 10.6. The molecule has 0 unspecified atom stereocenters. The first-order valence-electron chi connectivity index (χ1n) is 5.50. The predicted molar refractivity (Wildman–Crippen MR) is 62.3 cm³/mol. The summed E-state index contributed by atoms with van der Waals surface area (Å²) in [5, 5.41) is 39.5. The molecule has 2 aromatic rings. The molecule has 0 spiro atoms. The van der Waals surface area contributed by atoms with E-state index < -0.39 is 45.7 Å². The van der Waals surface area contributed by atoms with Crippen molar-refractivity contribution in [3.63, 3.8) is 0 Å². The van der Waals surface area contributed by atoms with Gasteiger partial charge in [0, 0.05) is 12.4 Å². The molecule has 11 heteroatoms. The number of hydrogen-bond donors (Lipinski definition) is 2. The van der Waals surface area contributed by atoms with Gasteiger partial charge in [0.2, 0.25) is 0 Å². The van der Waals surface area contributed by atoms with Crippen LogP contribution in [0.4, 0.5) is 0 Å². The normalized spacial score (nSPS) is 8.57. The second kappa shape index (κ2) is 10.8. The van der Waals surface area contributed by atoms with Gasteiger partial charge in [-0.05, 0) is 18.2 Å². The van der Waals surface area contributed by atoms with Crippen LogP contribution < -0.4 is 15.3 Å². The van der Waals surface area contributed by atoms with Crippen molar-refractivity contribution in [2.24, 2.45) is 0 Å². The first-order valence-corrected chi connectivity index (χ1v) is 6.70. The molecule has 0 fully saturated rings. The summed E-state index contributed by atoms with van der Waals surface area (Å²) in [5.74, 6) is -4.01. The number of aromatic nitrogens is 2. The monoisotopic (exact) mass is 360 g/mol. The summed E-state index contributed by atoms with van der Waals surface area (Å²) >= 11 is -1.56. The van der Waals surface area contributed by atoms with E-state index in [1.165, 1.54) is 30.6 Å². The quantitative estimate of drug-likeness (QED) is 0.562. The molecule has 0 amide bonds. The molecule has 2 aromatic heterocycles. The summed E-state index contributed by atoms with van der Waals surface area (Å²) in [6.45, 7) is 0. The van der Waals surface area contributed by atoms with E-state index in [1.807, 2.05) is 0 Å². The molecule has 0 aliphatic rings. The van der Waals surface area contributed by atoms with E-state index in [-0.39, 0.29) is 7.18 Å². The molecule has 0 saturated carbocycles. The average Bonchev–Trinajstić information content (AvgIpc) is 2.49. The molecule has 10 nitrogen and oxygen atoms in total. The van der Waals surface area contributed by atoms with E-state index in [4.69, 9.17) is 12.8 Å². The fraction of sp³-hybridized carbons (Fsp3) is 0. The van der Waals surface area contributed by atoms with Crippen LogP contribution in [-0.2, 0) is 20.3 Å². The number of carbonyl (C=O) groups excluding carboxylic acids is 2. The number of hydrogen-bond acceptors (Lipinski definition) is 9. The number of carboxylic acid groups (broad SMARTS) is 2. The van der Waals surface area contributed by atoms with Gasteiger partial charge < -0.3 is 30.0 Å². The summed E-state index contributed by atoms with van der Waals surface area (Å²) in [6, 6.07) is 5.16. The molecule has 0 aliphatic carbocycles. The number of rotatable bonds is 2. The molecular formula is C12H9N2O8V-2. The van der Waals surface area contributed by atoms with Crippen LogP contribution in [0.3, 0.4) is 0 Å². The third-order valence-corrected chi connectivity index (χ3v) is 1.94. The Kier molecular flexibility index (Phi) is 9.52. The number of carbonyl (C=O) groups is 2. The first kappa shape index (κ1) is 20.2. The van der Waals surface area contributed by atoms with Crippen LogP contribution in [-0.4, -0.2) is 31.0 Å². The van der Waals surface area contributed by atoms with Crippen molar-refractivity contribution in [3.8, 4) is 11.5 Å². The van der Waals surface area contributed by atoms with Crippen LogP contribution in [0.15, 0.2) is 36.7 Å². The Morgan fingerprint density at radius 2 is 1.48 bits per heavy atom. The zero-order chi connectivity index (χ0) is 17.8. The van der Waals surface area contributed by atoms with Crippen molar-refractivity contribution in [2.75, 3.05) is 0 Å². The molecular weight excluding hydrogens is 351 g/mol. The van der Waals surface area contributed by atoms with E-state index >= 15 is 0 Å². The first-order chi connectivity index (χ1) is 10.8. The number of aromatic hydroxyl groups is 1. The second-order valence-electron chi connectivity index (χ2n) is 3.38. The van der Waals surface area contributed by atoms with Gasteiger partial charge in [-0.2, -0.15) is 0 Å². The van der Waals surface area contributed by atoms with Gasteiger partial charge in [0.05, 0.1) is 17.6 Å². The van der Waals surface area contributed by atoms with Crippen molar-refractivity contribution in [2.45, 2.75) is 0 Å². The molecule has 2 N–H and O–H groups in total. The molecule has 23 heavy (non-hydrogen) atoms. The van der Waals surface area contributed by atoms with E-state index in [2.05, 4.69) is 9.97 Å². The van der Waals surface area contributed by atoms with Crippen molar-refractivity contribution in [3.05, 3.63) is 48.0 Å². The summed E-state index contributed by atoms with van der Waals surface area (Å²) in [7, 11) is 0. The number of pyridine rings is 2. The Labute approximate surface area is 137 Å². The number of carboxylic acids is 2. The van der Waals surface area contributed by atoms with Crippen molar-refractivity contribution >= 4 is 11.9 Å². The predicted octanol–water partition coefficient (Wildman–Crippen LogP) is -2.90. The molecule has 0 aliphatic heterocycles. The van der Waals surface area contributed by atoms with Crippen molar-refractivity contribution < 1.29 is 55.7 Å². The summed E-state index contributed by atoms with van der Waals surface area (Å²) in [4.78, 5) is 26.8. The molecule has 0 atom stereocenters. The van der Waals surface area contributed by atoms with Crippen LogP contribution in [0, 0.1) is 0 Å². The Balaban J connectivity index is 0. The Morgan fingerprint density at radius 1 is 1.04 bits per heavy atom. The van der Waals surface area contributed by atoms with Crippen molar-refractivity contribution in [1.29, 1.82) is 0 Å². The average molecular weight is 360 g/mol. The van der Waals surface area contributed by atoms with E-state index in [0.717, 1.165) is 6.07 Å². The molecule has 0 saturated heterocycles. The number of aromatic carboxylic acids is 2. The zero-order valence-electron chi connectivity index (χ0n) is 12.1. The summed E-state index contributed by atoms with van der Waals surface area (Å²) < 4.78 is 15.7. The summed E-state index contributed by atoms with van der Waals surface area (Å²) in [5.41, 5.74) is -0.968. The molecule has 122 valence electrons. The second-order valence-corrected chi connectivity index (χ2v) is 3.63. The minimum absolute atomic E-state index is 0. The molecule has 0 radical (unpaired) electrons. The maximum atomic E-state index is 10.6. The van der Waals surface area contributed by atoms with Gasteiger partial charge in [0.25, 0.3) is 0 Å². The third kappa shape index (κ3) is 7.67. The van der Waals surface area contributed by atoms with Gasteiger partial charge in [-0.15, -0.1) is 0 Å². The molecule has 0 bridgehead atoms. The Morgan fingerprint density at radius 3 is 1.78 bits per heavy atom. The number of nitrogens with zero attached hydrogens (tertiary/aromatic N) is 2. The van der Waals surface area contributed by atoms with Crippen LogP contribution in [0.5, 0.6) is 11.5 Å². The SMILES string of the molecule is O=C([O-])c1ncccc1O.O=C([O-])c1ncccc1[O-].[H+].[O]=[V][OH]. The van der Waals surface area contributed by atoms with Gasteiger partial charge in [0.15, 0.2) is 0 Å². The van der Waals surface area contributed by atoms with Crippen LogP contribution in [0.25, 0.3) is 0 Å². The fourth-order valence-electron chi connectivity index (χ4n) is 1.10. The molecule has 2 heterocycles. The Bertz CT molecular complexity index is 630.